The van der Waals surface area contributed by atoms with E-state index in [0.29, 0.717) is 25.9 Å². The van der Waals surface area contributed by atoms with Gasteiger partial charge >= 0.3 is 0 Å². The van der Waals surface area contributed by atoms with Crippen molar-refractivity contribution in [1.29, 1.82) is 0 Å². The highest BCUT2D eigenvalue weighted by molar-refractivity contribution is 7.91. The molecule has 5 nitrogen and oxygen atoms in total. The van der Waals surface area contributed by atoms with Crippen LogP contribution in [0.25, 0.3) is 0 Å². The number of rotatable bonds is 1. The van der Waals surface area contributed by atoms with Gasteiger partial charge in [-0.05, 0) is 12.8 Å². The minimum Gasteiger partial charge on any atom is -0.341 e. The van der Waals surface area contributed by atoms with Gasteiger partial charge in [-0.15, -0.1) is 0 Å². The zero-order chi connectivity index (χ0) is 12.5. The van der Waals surface area contributed by atoms with Crippen molar-refractivity contribution in [2.75, 3.05) is 24.6 Å². The molecule has 0 aromatic heterocycles. The van der Waals surface area contributed by atoms with Crippen LogP contribution in [0.2, 0.25) is 0 Å². The Balaban J connectivity index is 1.98. The van der Waals surface area contributed by atoms with Crippen LogP contribution in [0.5, 0.6) is 0 Å². The topological polar surface area (TPSA) is 80.5 Å². The molecule has 96 valence electrons. The second-order valence-corrected chi connectivity index (χ2v) is 7.03. The summed E-state index contributed by atoms with van der Waals surface area (Å²) in [5.74, 6) is 0.134. The summed E-state index contributed by atoms with van der Waals surface area (Å²) >= 11 is 0. The Morgan fingerprint density at radius 3 is 2.65 bits per heavy atom. The third kappa shape index (κ3) is 3.07. The molecule has 2 N–H and O–H groups in total. The number of carbonyl (C=O) groups excluding carboxylic acids is 1. The molecular formula is C11H18N2O3S. The lowest BCUT2D eigenvalue weighted by atomic mass is 10.1. The molecular weight excluding hydrogens is 240 g/mol. The molecule has 2 aliphatic rings. The standard InChI is InChI=1S/C11H18N2O3S/c12-10-3-2-9(8-10)11(14)13-4-1-6-17(15,16)7-5-13/h2-3,9-10H,1,4-8,12H2. The molecule has 17 heavy (non-hydrogen) atoms. The smallest absolute Gasteiger partial charge is 0.229 e. The maximum absolute atomic E-state index is 12.1. The molecule has 0 radical (unpaired) electrons. The van der Waals surface area contributed by atoms with Crippen molar-refractivity contribution in [2.24, 2.45) is 11.7 Å². The first-order valence-corrected chi connectivity index (χ1v) is 7.73. The highest BCUT2D eigenvalue weighted by Crippen LogP contribution is 2.20. The molecule has 1 amide bonds. The summed E-state index contributed by atoms with van der Waals surface area (Å²) < 4.78 is 22.9. The Morgan fingerprint density at radius 2 is 2.00 bits per heavy atom. The molecule has 1 aliphatic heterocycles. The Morgan fingerprint density at radius 1 is 1.24 bits per heavy atom. The Labute approximate surface area is 102 Å². The summed E-state index contributed by atoms with van der Waals surface area (Å²) in [7, 11) is -2.96. The molecule has 2 rings (SSSR count). The third-order valence-electron chi connectivity index (χ3n) is 3.30. The van der Waals surface area contributed by atoms with E-state index in [1.165, 1.54) is 0 Å². The van der Waals surface area contributed by atoms with E-state index < -0.39 is 9.84 Å². The lowest BCUT2D eigenvalue weighted by Gasteiger charge is -2.22. The molecule has 0 saturated carbocycles. The summed E-state index contributed by atoms with van der Waals surface area (Å²) in [6, 6.07) is -0.0420. The van der Waals surface area contributed by atoms with Crippen LogP contribution < -0.4 is 5.73 Å². The summed E-state index contributed by atoms with van der Waals surface area (Å²) in [5.41, 5.74) is 5.71. The molecule has 1 saturated heterocycles. The average molecular weight is 258 g/mol. The zero-order valence-electron chi connectivity index (χ0n) is 9.71. The predicted octanol–water partition coefficient (Wildman–Crippen LogP) is -0.463. The van der Waals surface area contributed by atoms with E-state index in [2.05, 4.69) is 0 Å². The first-order chi connectivity index (χ1) is 7.98. The van der Waals surface area contributed by atoms with Gasteiger partial charge in [0.1, 0.15) is 0 Å². The van der Waals surface area contributed by atoms with Gasteiger partial charge in [-0.2, -0.15) is 0 Å². The molecule has 0 bridgehead atoms. The van der Waals surface area contributed by atoms with E-state index in [-0.39, 0.29) is 29.4 Å². The van der Waals surface area contributed by atoms with Crippen LogP contribution in [0.15, 0.2) is 12.2 Å². The van der Waals surface area contributed by atoms with E-state index in [0.717, 1.165) is 0 Å². The fourth-order valence-corrected chi connectivity index (χ4v) is 3.58. The SMILES string of the molecule is NC1C=CC(C(=O)N2CCCS(=O)(=O)CC2)C1. The van der Waals surface area contributed by atoms with Gasteiger partial charge in [0.05, 0.1) is 17.4 Å². The number of amides is 1. The van der Waals surface area contributed by atoms with Gasteiger partial charge in [0.25, 0.3) is 0 Å². The Bertz CT molecular complexity index is 430. The number of nitrogens with two attached hydrogens (primary N) is 1. The van der Waals surface area contributed by atoms with Crippen molar-refractivity contribution in [3.8, 4) is 0 Å². The van der Waals surface area contributed by atoms with Gasteiger partial charge in [0, 0.05) is 19.1 Å². The van der Waals surface area contributed by atoms with Gasteiger partial charge in [-0.1, -0.05) is 12.2 Å². The minimum absolute atomic E-state index is 0.0197. The minimum atomic E-state index is -2.96. The van der Waals surface area contributed by atoms with Crippen molar-refractivity contribution in [3.63, 3.8) is 0 Å². The lowest BCUT2D eigenvalue weighted by Crippen LogP contribution is -2.37. The molecule has 2 atom stereocenters. The molecule has 0 aromatic carbocycles. The number of hydrogen-bond acceptors (Lipinski definition) is 4. The second kappa shape index (κ2) is 4.78. The molecule has 6 heteroatoms. The monoisotopic (exact) mass is 258 g/mol. The number of hydrogen-bond donors (Lipinski definition) is 1. The fraction of sp³-hybridized carbons (Fsp3) is 0.727. The zero-order valence-corrected chi connectivity index (χ0v) is 10.5. The molecule has 0 spiro atoms. The van der Waals surface area contributed by atoms with Crippen LogP contribution in [-0.4, -0.2) is 49.9 Å². The molecule has 1 heterocycles. The van der Waals surface area contributed by atoms with Crippen molar-refractivity contribution in [3.05, 3.63) is 12.2 Å². The number of sulfone groups is 1. The molecule has 2 unspecified atom stereocenters. The highest BCUT2D eigenvalue weighted by atomic mass is 32.2. The summed E-state index contributed by atoms with van der Waals surface area (Å²) in [4.78, 5) is 13.8. The molecule has 1 aliphatic carbocycles. The van der Waals surface area contributed by atoms with Gasteiger partial charge in [-0.25, -0.2) is 8.42 Å². The quantitative estimate of drug-likeness (QED) is 0.645. The summed E-state index contributed by atoms with van der Waals surface area (Å²) in [5, 5.41) is 0. The first kappa shape index (κ1) is 12.6. The summed E-state index contributed by atoms with van der Waals surface area (Å²) in [6.45, 7) is 0.860. The number of nitrogens with zero attached hydrogens (tertiary/aromatic N) is 1. The summed E-state index contributed by atoms with van der Waals surface area (Å²) in [6.07, 6.45) is 4.86. The van der Waals surface area contributed by atoms with E-state index in [1.54, 1.807) is 4.90 Å². The second-order valence-electron chi connectivity index (χ2n) is 4.72. The van der Waals surface area contributed by atoms with Crippen molar-refractivity contribution < 1.29 is 13.2 Å². The van der Waals surface area contributed by atoms with Crippen LogP contribution >= 0.6 is 0 Å². The highest BCUT2D eigenvalue weighted by Gasteiger charge is 2.29. The maximum Gasteiger partial charge on any atom is 0.229 e. The van der Waals surface area contributed by atoms with Crippen LogP contribution in [0.1, 0.15) is 12.8 Å². The normalized spacial score (nSPS) is 32.4. The van der Waals surface area contributed by atoms with Crippen molar-refractivity contribution >= 4 is 15.7 Å². The van der Waals surface area contributed by atoms with Crippen LogP contribution in [0, 0.1) is 5.92 Å². The van der Waals surface area contributed by atoms with Crippen LogP contribution in [-0.2, 0) is 14.6 Å². The van der Waals surface area contributed by atoms with Crippen molar-refractivity contribution in [2.45, 2.75) is 18.9 Å². The molecule has 0 aromatic rings. The van der Waals surface area contributed by atoms with E-state index in [9.17, 15) is 13.2 Å². The Kier molecular flexibility index (Phi) is 3.53. The van der Waals surface area contributed by atoms with Crippen LogP contribution in [0.4, 0.5) is 0 Å². The first-order valence-electron chi connectivity index (χ1n) is 5.91. The lowest BCUT2D eigenvalue weighted by molar-refractivity contribution is -0.133. The van der Waals surface area contributed by atoms with Gasteiger partial charge in [0.2, 0.25) is 5.91 Å². The Hall–Kier alpha value is -0.880. The number of carbonyl (C=O) groups is 1. The van der Waals surface area contributed by atoms with E-state index in [4.69, 9.17) is 5.73 Å². The fourth-order valence-electron chi connectivity index (χ4n) is 2.30. The van der Waals surface area contributed by atoms with Crippen LogP contribution in [0.3, 0.4) is 0 Å². The van der Waals surface area contributed by atoms with E-state index in [1.807, 2.05) is 12.2 Å². The maximum atomic E-state index is 12.1. The third-order valence-corrected chi connectivity index (χ3v) is 5.02. The molecule has 1 fully saturated rings. The van der Waals surface area contributed by atoms with Gasteiger partial charge in [0.15, 0.2) is 9.84 Å². The average Bonchev–Trinajstić information content (AvgIpc) is 2.60. The van der Waals surface area contributed by atoms with Gasteiger partial charge in [-0.3, -0.25) is 4.79 Å². The van der Waals surface area contributed by atoms with Gasteiger partial charge < -0.3 is 10.6 Å². The largest absolute Gasteiger partial charge is 0.341 e. The van der Waals surface area contributed by atoms with E-state index >= 15 is 0 Å². The predicted molar refractivity (Wildman–Crippen MR) is 65.1 cm³/mol. The van der Waals surface area contributed by atoms with Crippen molar-refractivity contribution in [1.82, 2.24) is 4.90 Å².